The van der Waals surface area contributed by atoms with Crippen LogP contribution in [0.1, 0.15) is 10.4 Å². The molecule has 0 amide bonds. The van der Waals surface area contributed by atoms with E-state index in [4.69, 9.17) is 11.6 Å². The van der Waals surface area contributed by atoms with Crippen LogP contribution in [0.25, 0.3) is 21.8 Å². The number of aromatic nitrogens is 3. The number of aromatic amines is 1. The summed E-state index contributed by atoms with van der Waals surface area (Å²) in [6.45, 7) is 0. The van der Waals surface area contributed by atoms with Gasteiger partial charge in [-0.25, -0.2) is 4.79 Å². The van der Waals surface area contributed by atoms with Gasteiger partial charge in [-0.15, -0.1) is 0 Å². The Kier molecular flexibility index (Phi) is 1.94. The fraction of sp³-hybridized carbons (Fsp3) is 0.0909. The van der Waals surface area contributed by atoms with Crippen molar-refractivity contribution in [3.8, 4) is 0 Å². The first-order valence-electron chi connectivity index (χ1n) is 4.94. The number of aryl methyl sites for hydroxylation is 1. The van der Waals surface area contributed by atoms with E-state index in [0.717, 1.165) is 16.4 Å². The minimum absolute atomic E-state index is 0.132. The van der Waals surface area contributed by atoms with Crippen LogP contribution in [0.4, 0.5) is 0 Å². The maximum atomic E-state index is 11.2. The highest BCUT2D eigenvalue weighted by Crippen LogP contribution is 2.33. The number of carboxylic acid groups (broad SMARTS) is 1. The second kappa shape index (κ2) is 3.24. The molecule has 1 aromatic carbocycles. The van der Waals surface area contributed by atoms with Crippen LogP contribution in [0.2, 0.25) is 5.15 Å². The number of fused-ring (bicyclic) bond motifs is 3. The quantitative estimate of drug-likeness (QED) is 0.696. The molecule has 3 rings (SSSR count). The summed E-state index contributed by atoms with van der Waals surface area (Å²) in [6, 6.07) is 3.54. The van der Waals surface area contributed by atoms with E-state index in [9.17, 15) is 9.90 Å². The zero-order valence-corrected chi connectivity index (χ0v) is 9.62. The predicted molar refractivity (Wildman–Crippen MR) is 64.5 cm³/mol. The summed E-state index contributed by atoms with van der Waals surface area (Å²) in [5.74, 6) is -1.02. The molecule has 0 unspecified atom stereocenters. The predicted octanol–water partition coefficient (Wildman–Crippen LogP) is 2.41. The standard InChI is InChI=1S/C11H8ClN3O2/c1-15-9-5(8(10(15)12)11(16)17)2-3-7-6(9)4-13-14-7/h2-4H,1H3,(H,13,14)(H,16,17). The van der Waals surface area contributed by atoms with Crippen molar-refractivity contribution in [1.82, 2.24) is 14.8 Å². The Balaban J connectivity index is 2.61. The van der Waals surface area contributed by atoms with Gasteiger partial charge >= 0.3 is 5.97 Å². The van der Waals surface area contributed by atoms with Gasteiger partial charge < -0.3 is 9.67 Å². The zero-order chi connectivity index (χ0) is 12.2. The number of halogens is 1. The van der Waals surface area contributed by atoms with Crippen molar-refractivity contribution in [3.63, 3.8) is 0 Å². The van der Waals surface area contributed by atoms with Gasteiger partial charge in [0.15, 0.2) is 0 Å². The fourth-order valence-corrected chi connectivity index (χ4v) is 2.41. The van der Waals surface area contributed by atoms with Gasteiger partial charge in [-0.1, -0.05) is 11.6 Å². The minimum Gasteiger partial charge on any atom is -0.478 e. The molecule has 0 saturated heterocycles. The molecular formula is C11H8ClN3O2. The largest absolute Gasteiger partial charge is 0.478 e. The average molecular weight is 250 g/mol. The van der Waals surface area contributed by atoms with E-state index in [2.05, 4.69) is 10.2 Å². The second-order valence-electron chi connectivity index (χ2n) is 3.82. The van der Waals surface area contributed by atoms with Crippen molar-refractivity contribution in [3.05, 3.63) is 29.0 Å². The number of hydrogen-bond donors (Lipinski definition) is 2. The maximum absolute atomic E-state index is 11.2. The van der Waals surface area contributed by atoms with Crippen molar-refractivity contribution in [1.29, 1.82) is 0 Å². The molecular weight excluding hydrogens is 242 g/mol. The van der Waals surface area contributed by atoms with Gasteiger partial charge in [-0.2, -0.15) is 5.10 Å². The van der Waals surface area contributed by atoms with Crippen molar-refractivity contribution >= 4 is 39.4 Å². The van der Waals surface area contributed by atoms with Gasteiger partial charge in [0.2, 0.25) is 0 Å². The molecule has 0 bridgehead atoms. The molecule has 5 nitrogen and oxygen atoms in total. The number of carboxylic acids is 1. The molecule has 2 heterocycles. The number of hydrogen-bond acceptors (Lipinski definition) is 2. The third kappa shape index (κ3) is 1.20. The molecule has 2 N–H and O–H groups in total. The van der Waals surface area contributed by atoms with Crippen LogP contribution < -0.4 is 0 Å². The summed E-state index contributed by atoms with van der Waals surface area (Å²) in [5, 5.41) is 17.7. The smallest absolute Gasteiger partial charge is 0.339 e. The number of H-pyrrole nitrogens is 1. The normalized spacial score (nSPS) is 11.4. The Labute approximate surface area is 101 Å². The van der Waals surface area contributed by atoms with Gasteiger partial charge in [-0.05, 0) is 12.1 Å². The molecule has 0 radical (unpaired) electrons. The molecule has 0 spiro atoms. The highest BCUT2D eigenvalue weighted by atomic mass is 35.5. The van der Waals surface area contributed by atoms with Crippen LogP contribution in [0, 0.1) is 0 Å². The van der Waals surface area contributed by atoms with E-state index in [1.165, 1.54) is 0 Å². The van der Waals surface area contributed by atoms with Crippen LogP contribution in [0.5, 0.6) is 0 Å². The molecule has 6 heteroatoms. The van der Waals surface area contributed by atoms with Crippen LogP contribution in [0.3, 0.4) is 0 Å². The van der Waals surface area contributed by atoms with Crippen LogP contribution in [-0.2, 0) is 7.05 Å². The molecule has 0 aliphatic carbocycles. The molecule has 0 fully saturated rings. The van der Waals surface area contributed by atoms with Crippen LogP contribution >= 0.6 is 11.6 Å². The monoisotopic (exact) mass is 249 g/mol. The van der Waals surface area contributed by atoms with Crippen LogP contribution in [-0.4, -0.2) is 25.8 Å². The van der Waals surface area contributed by atoms with E-state index < -0.39 is 5.97 Å². The summed E-state index contributed by atoms with van der Waals surface area (Å²) < 4.78 is 1.66. The van der Waals surface area contributed by atoms with Crippen LogP contribution in [0.15, 0.2) is 18.3 Å². The van der Waals surface area contributed by atoms with Crippen molar-refractivity contribution in [2.24, 2.45) is 7.05 Å². The Morgan fingerprint density at radius 2 is 2.24 bits per heavy atom. The number of nitrogens with one attached hydrogen (secondary N) is 1. The topological polar surface area (TPSA) is 70.9 Å². The van der Waals surface area contributed by atoms with Gasteiger partial charge in [-0.3, -0.25) is 5.10 Å². The molecule has 86 valence electrons. The lowest BCUT2D eigenvalue weighted by Gasteiger charge is -1.97. The lowest BCUT2D eigenvalue weighted by molar-refractivity contribution is 0.0699. The third-order valence-electron chi connectivity index (χ3n) is 2.92. The van der Waals surface area contributed by atoms with Gasteiger partial charge in [0, 0.05) is 17.8 Å². The first-order chi connectivity index (χ1) is 8.11. The van der Waals surface area contributed by atoms with Gasteiger partial charge in [0.05, 0.1) is 17.2 Å². The molecule has 0 aliphatic heterocycles. The van der Waals surface area contributed by atoms with E-state index in [1.807, 2.05) is 0 Å². The molecule has 17 heavy (non-hydrogen) atoms. The zero-order valence-electron chi connectivity index (χ0n) is 8.86. The summed E-state index contributed by atoms with van der Waals surface area (Å²) in [6.07, 6.45) is 1.67. The van der Waals surface area contributed by atoms with Crippen molar-refractivity contribution < 1.29 is 9.90 Å². The highest BCUT2D eigenvalue weighted by molar-refractivity contribution is 6.35. The highest BCUT2D eigenvalue weighted by Gasteiger charge is 2.20. The number of nitrogens with zero attached hydrogens (tertiary/aromatic N) is 2. The minimum atomic E-state index is -1.02. The first kappa shape index (κ1) is 10.2. The summed E-state index contributed by atoms with van der Waals surface area (Å²) in [7, 11) is 1.74. The molecule has 0 atom stereocenters. The number of aromatic carboxylic acids is 1. The lowest BCUT2D eigenvalue weighted by Crippen LogP contribution is -1.96. The number of carbonyl (C=O) groups is 1. The summed E-state index contributed by atoms with van der Waals surface area (Å²) in [5.41, 5.74) is 1.76. The van der Waals surface area contributed by atoms with E-state index in [-0.39, 0.29) is 10.7 Å². The average Bonchev–Trinajstić information content (AvgIpc) is 2.83. The van der Waals surface area contributed by atoms with Crippen molar-refractivity contribution in [2.75, 3.05) is 0 Å². The van der Waals surface area contributed by atoms with Crippen molar-refractivity contribution in [2.45, 2.75) is 0 Å². The third-order valence-corrected chi connectivity index (χ3v) is 3.36. The maximum Gasteiger partial charge on any atom is 0.339 e. The summed E-state index contributed by atoms with van der Waals surface area (Å²) in [4.78, 5) is 11.2. The first-order valence-corrected chi connectivity index (χ1v) is 5.32. The molecule has 0 aliphatic rings. The van der Waals surface area contributed by atoms with E-state index in [1.54, 1.807) is 29.9 Å². The SMILES string of the molecule is Cn1c(Cl)c(C(=O)O)c2ccc3[nH]ncc3c21. The molecule has 2 aromatic heterocycles. The van der Waals surface area contributed by atoms with E-state index in [0.29, 0.717) is 5.39 Å². The lowest BCUT2D eigenvalue weighted by atomic mass is 10.1. The molecule has 0 saturated carbocycles. The van der Waals surface area contributed by atoms with E-state index >= 15 is 0 Å². The Bertz CT molecular complexity index is 757. The Morgan fingerprint density at radius 1 is 1.47 bits per heavy atom. The Morgan fingerprint density at radius 3 is 2.94 bits per heavy atom. The van der Waals surface area contributed by atoms with Gasteiger partial charge in [0.25, 0.3) is 0 Å². The number of benzene rings is 1. The second-order valence-corrected chi connectivity index (χ2v) is 4.18. The summed E-state index contributed by atoms with van der Waals surface area (Å²) >= 11 is 6.05. The number of rotatable bonds is 1. The Hall–Kier alpha value is -2.01. The fourth-order valence-electron chi connectivity index (χ4n) is 2.15. The molecule has 3 aromatic rings. The van der Waals surface area contributed by atoms with Gasteiger partial charge in [0.1, 0.15) is 10.7 Å².